The van der Waals surface area contributed by atoms with Gasteiger partial charge in [0.25, 0.3) is 0 Å². The smallest absolute Gasteiger partial charge is 0.250 e. The summed E-state index contributed by atoms with van der Waals surface area (Å²) < 4.78 is 16.4. The van der Waals surface area contributed by atoms with Crippen LogP contribution in [0.1, 0.15) is 5.56 Å². The molecule has 0 saturated carbocycles. The summed E-state index contributed by atoms with van der Waals surface area (Å²) in [6.45, 7) is 1.21. The maximum Gasteiger partial charge on any atom is 0.250 e. The van der Waals surface area contributed by atoms with Crippen molar-refractivity contribution in [3.8, 4) is 0 Å². The van der Waals surface area contributed by atoms with Gasteiger partial charge in [0.1, 0.15) is 13.3 Å². The Morgan fingerprint density at radius 2 is 2.33 bits per heavy atom. The highest BCUT2D eigenvalue weighted by Crippen LogP contribution is 2.08. The number of carbonyl (C=O) groups is 1. The number of alkyl halides is 1. The fourth-order valence-electron chi connectivity index (χ4n) is 1.14. The number of anilines is 1. The second-order valence-electron chi connectivity index (χ2n) is 3.16. The number of amides is 1. The number of benzene rings is 1. The summed E-state index contributed by atoms with van der Waals surface area (Å²) >= 11 is 0. The van der Waals surface area contributed by atoms with E-state index in [0.717, 1.165) is 11.3 Å². The molecule has 1 N–H and O–H groups in total. The summed E-state index contributed by atoms with van der Waals surface area (Å²) in [4.78, 5) is 11.2. The van der Waals surface area contributed by atoms with E-state index < -0.39 is 6.67 Å². The number of nitrogens with one attached hydrogen (secondary N) is 1. The molecular weight excluding hydrogens is 197 g/mol. The Balaban J connectivity index is 2.37. The van der Waals surface area contributed by atoms with Crippen LogP contribution in [0.15, 0.2) is 24.3 Å². The Labute approximate surface area is 88.2 Å². The molecule has 0 spiro atoms. The van der Waals surface area contributed by atoms with Crippen molar-refractivity contribution in [2.24, 2.45) is 0 Å². The van der Waals surface area contributed by atoms with E-state index in [0.29, 0.717) is 0 Å². The van der Waals surface area contributed by atoms with Crippen molar-refractivity contribution in [1.82, 2.24) is 0 Å². The molecule has 1 aromatic carbocycles. The van der Waals surface area contributed by atoms with Gasteiger partial charge in [-0.2, -0.15) is 0 Å². The van der Waals surface area contributed by atoms with Crippen LogP contribution in [0.4, 0.5) is 10.1 Å². The average Bonchev–Trinajstić information content (AvgIpc) is 2.18. The van der Waals surface area contributed by atoms with Gasteiger partial charge < -0.3 is 10.1 Å². The van der Waals surface area contributed by atoms with Crippen LogP contribution in [0.5, 0.6) is 0 Å². The molecule has 15 heavy (non-hydrogen) atoms. The zero-order valence-electron chi connectivity index (χ0n) is 8.63. The van der Waals surface area contributed by atoms with Crippen LogP contribution in [-0.2, 0) is 9.53 Å². The van der Waals surface area contributed by atoms with Gasteiger partial charge >= 0.3 is 0 Å². The van der Waals surface area contributed by atoms with E-state index in [9.17, 15) is 9.18 Å². The van der Waals surface area contributed by atoms with E-state index in [1.54, 1.807) is 6.07 Å². The van der Waals surface area contributed by atoms with E-state index in [-0.39, 0.29) is 19.1 Å². The molecule has 0 aliphatic rings. The van der Waals surface area contributed by atoms with Crippen LogP contribution in [0.2, 0.25) is 0 Å². The van der Waals surface area contributed by atoms with Crippen molar-refractivity contribution in [2.75, 3.05) is 25.2 Å². The summed E-state index contributed by atoms with van der Waals surface area (Å²) in [5.41, 5.74) is 1.79. The molecule has 3 nitrogen and oxygen atoms in total. The Morgan fingerprint density at radius 3 is 3.00 bits per heavy atom. The average molecular weight is 211 g/mol. The number of ether oxygens (including phenoxy) is 1. The van der Waals surface area contributed by atoms with E-state index >= 15 is 0 Å². The third kappa shape index (κ3) is 4.56. The number of halogens is 1. The lowest BCUT2D eigenvalue weighted by atomic mass is 10.2. The van der Waals surface area contributed by atoms with Crippen molar-refractivity contribution in [3.63, 3.8) is 0 Å². The number of carbonyl (C=O) groups excluding carboxylic acids is 1. The quantitative estimate of drug-likeness (QED) is 0.755. The topological polar surface area (TPSA) is 38.3 Å². The molecule has 0 atom stereocenters. The molecule has 0 aliphatic heterocycles. The predicted octanol–water partition coefficient (Wildman–Crippen LogP) is 1.92. The van der Waals surface area contributed by atoms with Gasteiger partial charge in [-0.25, -0.2) is 4.39 Å². The minimum atomic E-state index is -0.572. The standard InChI is InChI=1S/C11H14FNO2/c1-9-3-2-4-10(7-9)13-11(14)8-15-6-5-12/h2-4,7H,5-6,8H2,1H3,(H,13,14). The molecule has 0 saturated heterocycles. The lowest BCUT2D eigenvalue weighted by Gasteiger charge is -2.05. The van der Waals surface area contributed by atoms with Crippen molar-refractivity contribution >= 4 is 11.6 Å². The third-order valence-electron chi connectivity index (χ3n) is 1.76. The number of hydrogen-bond acceptors (Lipinski definition) is 2. The highest BCUT2D eigenvalue weighted by molar-refractivity contribution is 5.91. The van der Waals surface area contributed by atoms with E-state index in [4.69, 9.17) is 4.74 Å². The Bertz CT molecular complexity index is 328. The van der Waals surface area contributed by atoms with Crippen molar-refractivity contribution in [1.29, 1.82) is 0 Å². The zero-order chi connectivity index (χ0) is 11.1. The fraction of sp³-hybridized carbons (Fsp3) is 0.364. The first-order valence-electron chi connectivity index (χ1n) is 4.72. The molecule has 0 unspecified atom stereocenters. The third-order valence-corrected chi connectivity index (χ3v) is 1.76. The second kappa shape index (κ2) is 6.14. The minimum Gasteiger partial charge on any atom is -0.369 e. The molecule has 0 heterocycles. The van der Waals surface area contributed by atoms with E-state index in [1.165, 1.54) is 0 Å². The van der Waals surface area contributed by atoms with Gasteiger partial charge in [-0.15, -0.1) is 0 Å². The summed E-state index contributed by atoms with van der Waals surface area (Å²) in [5.74, 6) is -0.269. The SMILES string of the molecule is Cc1cccc(NC(=O)COCCF)c1. The molecule has 1 rings (SSSR count). The Hall–Kier alpha value is -1.42. The predicted molar refractivity (Wildman–Crippen MR) is 56.6 cm³/mol. The second-order valence-corrected chi connectivity index (χ2v) is 3.16. The Kier molecular flexibility index (Phi) is 4.77. The van der Waals surface area contributed by atoms with E-state index in [2.05, 4.69) is 5.32 Å². The van der Waals surface area contributed by atoms with E-state index in [1.807, 2.05) is 25.1 Å². The highest BCUT2D eigenvalue weighted by atomic mass is 19.1. The fourth-order valence-corrected chi connectivity index (χ4v) is 1.14. The van der Waals surface area contributed by atoms with Crippen molar-refractivity contribution < 1.29 is 13.9 Å². The largest absolute Gasteiger partial charge is 0.369 e. The summed E-state index contributed by atoms with van der Waals surface area (Å²) in [6.07, 6.45) is 0. The molecule has 1 aromatic rings. The minimum absolute atomic E-state index is 0.0404. The van der Waals surface area contributed by atoms with Gasteiger partial charge in [-0.1, -0.05) is 12.1 Å². The number of hydrogen-bond donors (Lipinski definition) is 1. The normalized spacial score (nSPS) is 10.0. The molecular formula is C11H14FNO2. The molecule has 1 amide bonds. The van der Waals surface area contributed by atoms with Gasteiger partial charge in [0.05, 0.1) is 6.61 Å². The van der Waals surface area contributed by atoms with Gasteiger partial charge in [-0.05, 0) is 24.6 Å². The van der Waals surface area contributed by atoms with Crippen LogP contribution in [0.25, 0.3) is 0 Å². The lowest BCUT2D eigenvalue weighted by molar-refractivity contribution is -0.120. The van der Waals surface area contributed by atoms with Gasteiger partial charge in [-0.3, -0.25) is 4.79 Å². The molecule has 0 radical (unpaired) electrons. The molecule has 0 bridgehead atoms. The van der Waals surface area contributed by atoms with Gasteiger partial charge in [0, 0.05) is 5.69 Å². The molecule has 0 fully saturated rings. The zero-order valence-corrected chi connectivity index (χ0v) is 8.63. The maximum atomic E-state index is 11.7. The first-order chi connectivity index (χ1) is 7.22. The summed E-state index contributed by atoms with van der Waals surface area (Å²) in [5, 5.41) is 2.66. The van der Waals surface area contributed by atoms with Crippen LogP contribution >= 0.6 is 0 Å². The molecule has 82 valence electrons. The highest BCUT2D eigenvalue weighted by Gasteiger charge is 2.01. The monoisotopic (exact) mass is 211 g/mol. The van der Waals surface area contributed by atoms with Gasteiger partial charge in [0.15, 0.2) is 0 Å². The van der Waals surface area contributed by atoms with Gasteiger partial charge in [0.2, 0.25) is 5.91 Å². The van der Waals surface area contributed by atoms with Crippen LogP contribution < -0.4 is 5.32 Å². The van der Waals surface area contributed by atoms with Crippen LogP contribution in [0.3, 0.4) is 0 Å². The van der Waals surface area contributed by atoms with Crippen molar-refractivity contribution in [2.45, 2.75) is 6.92 Å². The maximum absolute atomic E-state index is 11.7. The van der Waals surface area contributed by atoms with Crippen molar-refractivity contribution in [3.05, 3.63) is 29.8 Å². The Morgan fingerprint density at radius 1 is 1.53 bits per heavy atom. The van der Waals surface area contributed by atoms with Crippen LogP contribution in [0, 0.1) is 6.92 Å². The number of rotatable bonds is 5. The first-order valence-corrected chi connectivity index (χ1v) is 4.72. The van der Waals surface area contributed by atoms with Crippen LogP contribution in [-0.4, -0.2) is 25.8 Å². The molecule has 0 aliphatic carbocycles. The lowest BCUT2D eigenvalue weighted by Crippen LogP contribution is -2.18. The molecule has 0 aromatic heterocycles. The first kappa shape index (κ1) is 11.7. The molecule has 4 heteroatoms. The number of aryl methyl sites for hydroxylation is 1. The summed E-state index contributed by atoms with van der Waals surface area (Å²) in [6, 6.07) is 7.44. The summed E-state index contributed by atoms with van der Waals surface area (Å²) in [7, 11) is 0.